The minimum Gasteiger partial charge on any atom is -0.455 e. The molecule has 2 heterocycles. The number of fused-ring (bicyclic) bond motifs is 1. The Morgan fingerprint density at radius 3 is 2.56 bits per heavy atom. The van der Waals surface area contributed by atoms with Crippen LogP contribution in [0.4, 0.5) is 0 Å². The van der Waals surface area contributed by atoms with Crippen molar-refractivity contribution in [3.8, 4) is 0 Å². The van der Waals surface area contributed by atoms with Crippen LogP contribution in [-0.2, 0) is 6.42 Å². The molecule has 1 aliphatic carbocycles. The van der Waals surface area contributed by atoms with E-state index >= 15 is 0 Å². The number of hydrogen-bond donors (Lipinski definition) is 0. The van der Waals surface area contributed by atoms with Gasteiger partial charge >= 0.3 is 0 Å². The molecule has 1 fully saturated rings. The van der Waals surface area contributed by atoms with Gasteiger partial charge in [-0.05, 0) is 52.2 Å². The van der Waals surface area contributed by atoms with Gasteiger partial charge in [0.1, 0.15) is 5.76 Å². The highest BCUT2D eigenvalue weighted by molar-refractivity contribution is 6.03. The lowest BCUT2D eigenvalue weighted by Crippen LogP contribution is -2.48. The van der Waals surface area contributed by atoms with Crippen LogP contribution in [0.25, 0.3) is 0 Å². The van der Waals surface area contributed by atoms with Gasteiger partial charge in [-0.25, -0.2) is 0 Å². The van der Waals surface area contributed by atoms with Crippen LogP contribution in [0.15, 0.2) is 4.42 Å². The zero-order chi connectivity index (χ0) is 18.1. The van der Waals surface area contributed by atoms with E-state index in [2.05, 4.69) is 25.8 Å². The number of carbonyl (C=O) groups excluding carboxylic acids is 2. The zero-order valence-corrected chi connectivity index (χ0v) is 15.9. The minimum absolute atomic E-state index is 0.0389. The average molecular weight is 346 g/mol. The molecule has 0 atom stereocenters. The number of likely N-dealkylation sites (tertiary alicyclic amines) is 1. The van der Waals surface area contributed by atoms with Crippen LogP contribution in [0.5, 0.6) is 0 Å². The summed E-state index contributed by atoms with van der Waals surface area (Å²) < 4.78 is 5.92. The van der Waals surface area contributed by atoms with Crippen molar-refractivity contribution in [1.82, 2.24) is 9.80 Å². The molecule has 0 spiro atoms. The van der Waals surface area contributed by atoms with E-state index in [0.29, 0.717) is 29.4 Å². The predicted molar refractivity (Wildman–Crippen MR) is 97.1 cm³/mol. The van der Waals surface area contributed by atoms with Crippen molar-refractivity contribution < 1.29 is 14.0 Å². The SMILES string of the molecule is Cc1c(C(=O)N(CC(C)C)C2CCN(C)CC2)oc2c1C(=O)CCC2. The van der Waals surface area contributed by atoms with E-state index in [-0.39, 0.29) is 17.7 Å². The molecule has 3 rings (SSSR count). The molecule has 5 nitrogen and oxygen atoms in total. The molecule has 1 amide bonds. The van der Waals surface area contributed by atoms with Crippen molar-refractivity contribution >= 4 is 11.7 Å². The molecule has 1 saturated heterocycles. The Bertz CT molecular complexity index is 654. The molecule has 0 radical (unpaired) electrons. The van der Waals surface area contributed by atoms with Gasteiger partial charge in [-0.1, -0.05) is 13.8 Å². The third kappa shape index (κ3) is 3.66. The summed E-state index contributed by atoms with van der Waals surface area (Å²) in [6, 6.07) is 0.253. The van der Waals surface area contributed by atoms with E-state index in [0.717, 1.165) is 50.9 Å². The minimum atomic E-state index is -0.0389. The van der Waals surface area contributed by atoms with Crippen LogP contribution in [0, 0.1) is 12.8 Å². The van der Waals surface area contributed by atoms with Crippen LogP contribution in [0.2, 0.25) is 0 Å². The molecule has 0 saturated carbocycles. The fourth-order valence-electron chi connectivity index (χ4n) is 4.08. The fraction of sp³-hybridized carbons (Fsp3) is 0.700. The first-order valence-corrected chi connectivity index (χ1v) is 9.53. The van der Waals surface area contributed by atoms with Crippen molar-refractivity contribution in [3.63, 3.8) is 0 Å². The number of carbonyl (C=O) groups is 2. The normalized spacial score (nSPS) is 19.3. The highest BCUT2D eigenvalue weighted by atomic mass is 16.4. The molecule has 25 heavy (non-hydrogen) atoms. The average Bonchev–Trinajstić information content (AvgIpc) is 2.91. The monoisotopic (exact) mass is 346 g/mol. The second-order valence-electron chi connectivity index (χ2n) is 8.02. The van der Waals surface area contributed by atoms with E-state index in [1.54, 1.807) is 0 Å². The van der Waals surface area contributed by atoms with Gasteiger partial charge in [0.15, 0.2) is 11.5 Å². The van der Waals surface area contributed by atoms with Gasteiger partial charge < -0.3 is 14.2 Å². The molecule has 138 valence electrons. The molecular weight excluding hydrogens is 316 g/mol. The molecule has 2 aliphatic rings. The van der Waals surface area contributed by atoms with E-state index in [4.69, 9.17) is 4.42 Å². The number of ketones is 1. The van der Waals surface area contributed by atoms with Gasteiger partial charge in [-0.3, -0.25) is 9.59 Å². The third-order valence-electron chi connectivity index (χ3n) is 5.45. The molecule has 0 bridgehead atoms. The Kier molecular flexibility index (Phi) is 5.32. The zero-order valence-electron chi connectivity index (χ0n) is 15.9. The van der Waals surface area contributed by atoms with Crippen molar-refractivity contribution in [2.24, 2.45) is 5.92 Å². The number of furan rings is 1. The van der Waals surface area contributed by atoms with Crippen molar-refractivity contribution in [3.05, 3.63) is 22.6 Å². The first-order valence-electron chi connectivity index (χ1n) is 9.53. The third-order valence-corrected chi connectivity index (χ3v) is 5.45. The van der Waals surface area contributed by atoms with Gasteiger partial charge in [-0.2, -0.15) is 0 Å². The Balaban J connectivity index is 1.89. The number of rotatable bonds is 4. The summed E-state index contributed by atoms with van der Waals surface area (Å²) in [4.78, 5) is 29.9. The van der Waals surface area contributed by atoms with Crippen molar-refractivity contribution in [1.29, 1.82) is 0 Å². The Morgan fingerprint density at radius 2 is 1.96 bits per heavy atom. The second-order valence-corrected chi connectivity index (χ2v) is 8.02. The van der Waals surface area contributed by atoms with E-state index in [1.807, 2.05) is 11.8 Å². The lowest BCUT2D eigenvalue weighted by molar-refractivity contribution is 0.0525. The summed E-state index contributed by atoms with van der Waals surface area (Å²) in [6.45, 7) is 8.89. The van der Waals surface area contributed by atoms with Crippen LogP contribution in [0.3, 0.4) is 0 Å². The summed E-state index contributed by atoms with van der Waals surface area (Å²) >= 11 is 0. The maximum Gasteiger partial charge on any atom is 0.290 e. The number of Topliss-reactive ketones (excluding diaryl/α,β-unsaturated/α-hetero) is 1. The van der Waals surface area contributed by atoms with Crippen LogP contribution < -0.4 is 0 Å². The maximum absolute atomic E-state index is 13.3. The molecule has 1 aliphatic heterocycles. The predicted octanol–water partition coefficient (Wildman–Crippen LogP) is 3.30. The molecule has 5 heteroatoms. The lowest BCUT2D eigenvalue weighted by atomic mass is 9.93. The topological polar surface area (TPSA) is 53.8 Å². The first kappa shape index (κ1) is 18.2. The van der Waals surface area contributed by atoms with Gasteiger partial charge in [0.25, 0.3) is 5.91 Å². The summed E-state index contributed by atoms with van der Waals surface area (Å²) in [5.41, 5.74) is 1.41. The number of nitrogens with zero attached hydrogens (tertiary/aromatic N) is 2. The van der Waals surface area contributed by atoms with E-state index in [9.17, 15) is 9.59 Å². The highest BCUT2D eigenvalue weighted by Gasteiger charge is 2.34. The van der Waals surface area contributed by atoms with E-state index < -0.39 is 0 Å². The van der Waals surface area contributed by atoms with Crippen molar-refractivity contribution in [2.75, 3.05) is 26.7 Å². The van der Waals surface area contributed by atoms with E-state index in [1.165, 1.54) is 0 Å². The lowest BCUT2D eigenvalue weighted by Gasteiger charge is -2.38. The van der Waals surface area contributed by atoms with Crippen LogP contribution >= 0.6 is 0 Å². The number of piperidine rings is 1. The van der Waals surface area contributed by atoms with Crippen molar-refractivity contribution in [2.45, 2.75) is 58.9 Å². The second kappa shape index (κ2) is 7.32. The maximum atomic E-state index is 13.3. The smallest absolute Gasteiger partial charge is 0.290 e. The van der Waals surface area contributed by atoms with Gasteiger partial charge in [0.05, 0.1) is 5.56 Å². The summed E-state index contributed by atoms with van der Waals surface area (Å²) in [5.74, 6) is 1.58. The van der Waals surface area contributed by atoms with Crippen LogP contribution in [0.1, 0.15) is 71.8 Å². The molecular formula is C20H30N2O3. The Labute approximate surface area is 150 Å². The fourth-order valence-corrected chi connectivity index (χ4v) is 4.08. The van der Waals surface area contributed by atoms with Crippen LogP contribution in [-0.4, -0.2) is 54.2 Å². The Morgan fingerprint density at radius 1 is 1.28 bits per heavy atom. The quantitative estimate of drug-likeness (QED) is 0.839. The highest BCUT2D eigenvalue weighted by Crippen LogP contribution is 2.31. The molecule has 0 N–H and O–H groups in total. The molecule has 0 aromatic carbocycles. The number of amides is 1. The Hall–Kier alpha value is -1.62. The molecule has 0 unspecified atom stereocenters. The number of aryl methyl sites for hydroxylation is 1. The largest absolute Gasteiger partial charge is 0.455 e. The van der Waals surface area contributed by atoms with Gasteiger partial charge in [0.2, 0.25) is 0 Å². The first-order chi connectivity index (χ1) is 11.9. The molecule has 1 aromatic rings. The standard InChI is InChI=1S/C20H30N2O3/c1-13(2)12-22(15-8-10-21(4)11-9-15)20(24)19-14(3)18-16(23)6-5-7-17(18)25-19/h13,15H,5-12H2,1-4H3. The van der Waals surface area contributed by atoms with Gasteiger partial charge in [-0.15, -0.1) is 0 Å². The summed E-state index contributed by atoms with van der Waals surface area (Å²) in [6.07, 6.45) is 4.12. The summed E-state index contributed by atoms with van der Waals surface area (Å²) in [7, 11) is 2.13. The summed E-state index contributed by atoms with van der Waals surface area (Å²) in [5, 5.41) is 0. The molecule has 1 aromatic heterocycles. The van der Waals surface area contributed by atoms with Gasteiger partial charge in [0, 0.05) is 31.0 Å². The number of hydrogen-bond acceptors (Lipinski definition) is 4.